The number of nitriles is 1. The van der Waals surface area contributed by atoms with Gasteiger partial charge in [0.25, 0.3) is 11.7 Å². The van der Waals surface area contributed by atoms with Gasteiger partial charge < -0.3 is 9.84 Å². The van der Waals surface area contributed by atoms with Gasteiger partial charge >= 0.3 is 0 Å². The third-order valence-corrected chi connectivity index (χ3v) is 5.14. The summed E-state index contributed by atoms with van der Waals surface area (Å²) in [6.45, 7) is 0. The van der Waals surface area contributed by atoms with Crippen molar-refractivity contribution in [1.82, 2.24) is 4.98 Å². The van der Waals surface area contributed by atoms with Gasteiger partial charge in [-0.2, -0.15) is 5.26 Å². The Bertz CT molecular complexity index is 1280. The van der Waals surface area contributed by atoms with Gasteiger partial charge in [0.2, 0.25) is 0 Å². The molecule has 2 aromatic carbocycles. The number of methoxy groups -OCH3 is 1. The number of benzene rings is 2. The zero-order valence-corrected chi connectivity index (χ0v) is 16.8. The molecule has 1 aliphatic heterocycles. The van der Waals surface area contributed by atoms with Crippen molar-refractivity contribution in [2.24, 2.45) is 0 Å². The smallest absolute Gasteiger partial charge is 0.300 e. The highest BCUT2D eigenvalue weighted by atomic mass is 19.1. The van der Waals surface area contributed by atoms with E-state index in [4.69, 9.17) is 10.00 Å². The van der Waals surface area contributed by atoms with Crippen LogP contribution in [-0.2, 0) is 9.59 Å². The first-order valence-electron chi connectivity index (χ1n) is 9.51. The molecule has 1 unspecified atom stereocenters. The van der Waals surface area contributed by atoms with Crippen LogP contribution >= 0.6 is 0 Å². The van der Waals surface area contributed by atoms with Crippen LogP contribution in [0.25, 0.3) is 5.76 Å². The van der Waals surface area contributed by atoms with Crippen LogP contribution in [-0.4, -0.2) is 28.9 Å². The molecule has 1 aliphatic rings. The molecule has 3 aromatic rings. The number of anilines is 1. The van der Waals surface area contributed by atoms with E-state index in [1.54, 1.807) is 12.1 Å². The monoisotopic (exact) mass is 429 g/mol. The highest BCUT2D eigenvalue weighted by Gasteiger charge is 2.47. The minimum absolute atomic E-state index is 0.0563. The Hall–Kier alpha value is -4.51. The van der Waals surface area contributed by atoms with E-state index in [0.29, 0.717) is 16.8 Å². The topological polar surface area (TPSA) is 104 Å². The summed E-state index contributed by atoms with van der Waals surface area (Å²) in [6.07, 6.45) is 3.01. The number of amides is 1. The maximum absolute atomic E-state index is 13.9. The second kappa shape index (κ2) is 8.32. The molecule has 0 spiro atoms. The molecule has 0 bridgehead atoms. The Kier molecular flexibility index (Phi) is 5.39. The van der Waals surface area contributed by atoms with E-state index in [0.717, 1.165) is 12.1 Å². The predicted molar refractivity (Wildman–Crippen MR) is 113 cm³/mol. The zero-order valence-electron chi connectivity index (χ0n) is 16.8. The van der Waals surface area contributed by atoms with Crippen molar-refractivity contribution in [3.8, 4) is 11.8 Å². The highest BCUT2D eigenvalue weighted by Crippen LogP contribution is 2.43. The van der Waals surface area contributed by atoms with Gasteiger partial charge in [-0.15, -0.1) is 0 Å². The quantitative estimate of drug-likeness (QED) is 0.385. The molecule has 7 nitrogen and oxygen atoms in total. The first kappa shape index (κ1) is 20.8. The summed E-state index contributed by atoms with van der Waals surface area (Å²) in [5.74, 6) is -2.89. The summed E-state index contributed by atoms with van der Waals surface area (Å²) >= 11 is 0. The average molecular weight is 429 g/mol. The van der Waals surface area contributed by atoms with Crippen LogP contribution in [0.4, 0.5) is 10.1 Å². The Morgan fingerprint density at radius 2 is 1.94 bits per heavy atom. The Morgan fingerprint density at radius 3 is 2.56 bits per heavy atom. The normalized spacial score (nSPS) is 17.3. The van der Waals surface area contributed by atoms with Crippen LogP contribution in [0.2, 0.25) is 0 Å². The van der Waals surface area contributed by atoms with E-state index in [2.05, 4.69) is 4.98 Å². The van der Waals surface area contributed by atoms with Crippen LogP contribution in [0.1, 0.15) is 22.7 Å². The lowest BCUT2D eigenvalue weighted by Crippen LogP contribution is -2.29. The van der Waals surface area contributed by atoms with Gasteiger partial charge in [0.05, 0.1) is 35.9 Å². The van der Waals surface area contributed by atoms with Gasteiger partial charge in [-0.05, 0) is 54.1 Å². The average Bonchev–Trinajstić information content (AvgIpc) is 3.09. The van der Waals surface area contributed by atoms with Crippen molar-refractivity contribution in [2.45, 2.75) is 6.04 Å². The number of carbonyl (C=O) groups is 2. The zero-order chi connectivity index (χ0) is 22.8. The first-order valence-corrected chi connectivity index (χ1v) is 9.51. The van der Waals surface area contributed by atoms with Gasteiger partial charge in [-0.3, -0.25) is 19.5 Å². The fraction of sp³-hybridized carbons (Fsp3) is 0.0833. The van der Waals surface area contributed by atoms with Crippen LogP contribution in [0.5, 0.6) is 5.75 Å². The van der Waals surface area contributed by atoms with Crippen LogP contribution in [0, 0.1) is 17.1 Å². The van der Waals surface area contributed by atoms with Crippen molar-refractivity contribution in [3.05, 3.63) is 95.1 Å². The lowest BCUT2D eigenvalue weighted by molar-refractivity contribution is -0.132. The second-order valence-electron chi connectivity index (χ2n) is 6.96. The van der Waals surface area contributed by atoms with E-state index in [9.17, 15) is 19.1 Å². The molecule has 8 heteroatoms. The Morgan fingerprint density at radius 1 is 1.19 bits per heavy atom. The van der Waals surface area contributed by atoms with Crippen molar-refractivity contribution < 1.29 is 23.8 Å². The van der Waals surface area contributed by atoms with E-state index in [1.807, 2.05) is 6.07 Å². The molecule has 1 saturated heterocycles. The maximum atomic E-state index is 13.9. The van der Waals surface area contributed by atoms with Crippen LogP contribution < -0.4 is 9.64 Å². The molecule has 0 aliphatic carbocycles. The number of ether oxygens (including phenoxy) is 1. The third-order valence-electron chi connectivity index (χ3n) is 5.14. The number of nitrogens with zero attached hydrogens (tertiary/aromatic N) is 3. The molecule has 1 aromatic heterocycles. The molecule has 1 amide bonds. The number of aromatic nitrogens is 1. The van der Waals surface area contributed by atoms with Gasteiger partial charge in [0.1, 0.15) is 17.3 Å². The fourth-order valence-corrected chi connectivity index (χ4v) is 3.66. The molecule has 158 valence electrons. The van der Waals surface area contributed by atoms with Crippen molar-refractivity contribution in [3.63, 3.8) is 0 Å². The van der Waals surface area contributed by atoms with Gasteiger partial charge in [0, 0.05) is 18.1 Å². The fourth-order valence-electron chi connectivity index (χ4n) is 3.66. The molecule has 32 heavy (non-hydrogen) atoms. The number of aliphatic hydroxyl groups excluding tert-OH is 1. The van der Waals surface area contributed by atoms with Crippen molar-refractivity contribution in [2.75, 3.05) is 12.0 Å². The SMILES string of the molecule is COc1ccc(F)cc1/C(O)=C1\C(=O)C(=O)N(c2ccc(C#N)cc2)C1c1cccnc1. The number of pyridine rings is 1. The molecule has 1 N–H and O–H groups in total. The molecular weight excluding hydrogens is 413 g/mol. The van der Waals surface area contributed by atoms with E-state index in [-0.39, 0.29) is 16.9 Å². The van der Waals surface area contributed by atoms with E-state index >= 15 is 0 Å². The van der Waals surface area contributed by atoms with Gasteiger partial charge in [0.15, 0.2) is 0 Å². The minimum atomic E-state index is -1.02. The van der Waals surface area contributed by atoms with Crippen LogP contribution in [0.15, 0.2) is 72.6 Å². The summed E-state index contributed by atoms with van der Waals surface area (Å²) in [5, 5.41) is 20.1. The summed E-state index contributed by atoms with van der Waals surface area (Å²) in [5.41, 5.74) is 0.918. The summed E-state index contributed by atoms with van der Waals surface area (Å²) in [4.78, 5) is 31.4. The summed E-state index contributed by atoms with van der Waals surface area (Å²) < 4.78 is 19.2. The largest absolute Gasteiger partial charge is 0.507 e. The highest BCUT2D eigenvalue weighted by molar-refractivity contribution is 6.51. The summed E-state index contributed by atoms with van der Waals surface area (Å²) in [6, 6.07) is 13.9. The molecule has 1 atom stereocenters. The lowest BCUT2D eigenvalue weighted by Gasteiger charge is -2.25. The van der Waals surface area contributed by atoms with Crippen LogP contribution in [0.3, 0.4) is 0 Å². The number of ketones is 1. The van der Waals surface area contributed by atoms with Crippen molar-refractivity contribution >= 4 is 23.1 Å². The number of Topliss-reactive ketones (excluding diaryl/α,β-unsaturated/α-hetero) is 1. The third kappa shape index (κ3) is 3.46. The molecule has 4 rings (SSSR count). The van der Waals surface area contributed by atoms with Crippen molar-refractivity contribution in [1.29, 1.82) is 5.26 Å². The number of carbonyl (C=O) groups excluding carboxylic acids is 2. The molecule has 2 heterocycles. The second-order valence-corrected chi connectivity index (χ2v) is 6.96. The number of hydrogen-bond acceptors (Lipinski definition) is 6. The molecule has 1 fully saturated rings. The van der Waals surface area contributed by atoms with Gasteiger partial charge in [-0.1, -0.05) is 6.07 Å². The summed E-state index contributed by atoms with van der Waals surface area (Å²) in [7, 11) is 1.35. The van der Waals surface area contributed by atoms with Gasteiger partial charge in [-0.25, -0.2) is 4.39 Å². The number of aliphatic hydroxyl groups is 1. The molecular formula is C24H16FN3O4. The lowest BCUT2D eigenvalue weighted by atomic mass is 9.95. The standard InChI is InChI=1S/C24H16FN3O4/c1-32-19-9-6-16(25)11-18(19)22(29)20-21(15-3-2-10-27-13-15)28(24(31)23(20)30)17-7-4-14(12-26)5-8-17/h2-11,13,21,29H,1H3/b22-20+. The number of rotatable bonds is 4. The Balaban J connectivity index is 1.96. The molecule has 0 saturated carbocycles. The maximum Gasteiger partial charge on any atom is 0.300 e. The first-order chi connectivity index (χ1) is 15.5. The minimum Gasteiger partial charge on any atom is -0.507 e. The number of hydrogen-bond donors (Lipinski definition) is 1. The number of halogens is 1. The Labute approximate surface area is 182 Å². The molecule has 0 radical (unpaired) electrons. The van der Waals surface area contributed by atoms with E-state index < -0.39 is 29.3 Å². The predicted octanol–water partition coefficient (Wildman–Crippen LogP) is 3.73. The van der Waals surface area contributed by atoms with E-state index in [1.165, 1.54) is 54.7 Å².